The third-order valence-corrected chi connectivity index (χ3v) is 7.12. The predicted octanol–water partition coefficient (Wildman–Crippen LogP) is 4.03. The quantitative estimate of drug-likeness (QED) is 0.324. The molecule has 0 radical (unpaired) electrons. The number of anilines is 2. The summed E-state index contributed by atoms with van der Waals surface area (Å²) in [6, 6.07) is 1.79. The van der Waals surface area contributed by atoms with Gasteiger partial charge in [0.15, 0.2) is 11.0 Å². The van der Waals surface area contributed by atoms with Crippen LogP contribution < -0.4 is 10.0 Å². The fraction of sp³-hybridized carbons (Fsp3) is 0.500. The summed E-state index contributed by atoms with van der Waals surface area (Å²) in [7, 11) is 0. The van der Waals surface area contributed by atoms with Crippen molar-refractivity contribution in [3.63, 3.8) is 0 Å². The molecule has 0 aliphatic rings. The van der Waals surface area contributed by atoms with Crippen molar-refractivity contribution >= 4 is 70.9 Å². The van der Waals surface area contributed by atoms with E-state index in [0.29, 0.717) is 45.8 Å². The summed E-state index contributed by atoms with van der Waals surface area (Å²) in [5, 5.41) is 19.4. The molecule has 2 amide bonds. The highest BCUT2D eigenvalue weighted by Gasteiger charge is 2.30. The maximum absolute atomic E-state index is 12.4. The van der Waals surface area contributed by atoms with E-state index < -0.39 is 4.92 Å². The lowest BCUT2D eigenvalue weighted by molar-refractivity contribution is -0.381. The van der Waals surface area contributed by atoms with Crippen LogP contribution in [0.2, 0.25) is 0 Å². The van der Waals surface area contributed by atoms with Crippen LogP contribution in [0, 0.1) is 10.1 Å². The van der Waals surface area contributed by atoms with Crippen molar-refractivity contribution in [2.45, 2.75) is 41.5 Å². The minimum atomic E-state index is -0.497. The molecule has 0 spiro atoms. The molecule has 13 heteroatoms. The number of thiazole rings is 2. The van der Waals surface area contributed by atoms with E-state index in [1.165, 1.54) is 46.5 Å². The molecule has 0 N–H and O–H groups in total. The molecule has 11 nitrogen and oxygen atoms in total. The molecule has 178 valence electrons. The summed E-state index contributed by atoms with van der Waals surface area (Å²) in [5.74, 6) is -0.446. The van der Waals surface area contributed by atoms with E-state index >= 15 is 0 Å². The van der Waals surface area contributed by atoms with Crippen molar-refractivity contribution < 1.29 is 14.5 Å². The lowest BCUT2D eigenvalue weighted by Crippen LogP contribution is -2.45. The smallest absolute Gasteiger partial charge is 0.273 e. The molecule has 3 aromatic rings. The lowest BCUT2D eigenvalue weighted by Gasteiger charge is -2.30. The average molecular weight is 494 g/mol. The van der Waals surface area contributed by atoms with Crippen molar-refractivity contribution in [1.29, 1.82) is 0 Å². The number of benzene rings is 1. The van der Waals surface area contributed by atoms with E-state index in [4.69, 9.17) is 0 Å². The van der Waals surface area contributed by atoms with Crippen molar-refractivity contribution in [2.24, 2.45) is 0 Å². The number of nitrogens with zero attached hydrogens (tertiary/aromatic N) is 7. The SMILES string of the molecule is CCN(CC)N(C(C)=O)c1nc2c([N+](=O)[O-])c3nc(N(C(C)=O)N(CC)CC)sc3cc2s1. The number of nitro benzene ring substituents is 1. The third-order valence-electron chi connectivity index (χ3n) is 5.16. The second-order valence-electron chi connectivity index (χ2n) is 7.11. The summed E-state index contributed by atoms with van der Waals surface area (Å²) in [5.41, 5.74) is 0.138. The number of non-ortho nitro benzene ring substituents is 1. The van der Waals surface area contributed by atoms with Gasteiger partial charge in [0, 0.05) is 40.0 Å². The zero-order chi connectivity index (χ0) is 24.4. The number of fused-ring (bicyclic) bond motifs is 2. The fourth-order valence-electron chi connectivity index (χ4n) is 3.68. The van der Waals surface area contributed by atoms with Crippen LogP contribution in [0.3, 0.4) is 0 Å². The van der Waals surface area contributed by atoms with Crippen LogP contribution in [0.15, 0.2) is 6.07 Å². The van der Waals surface area contributed by atoms with Crippen LogP contribution in [0.5, 0.6) is 0 Å². The van der Waals surface area contributed by atoms with Crippen LogP contribution >= 0.6 is 22.7 Å². The molecule has 33 heavy (non-hydrogen) atoms. The van der Waals surface area contributed by atoms with E-state index in [2.05, 4.69) is 9.97 Å². The zero-order valence-electron chi connectivity index (χ0n) is 19.5. The largest absolute Gasteiger partial charge is 0.323 e. The first-order valence-corrected chi connectivity index (χ1v) is 12.3. The Balaban J connectivity index is 2.24. The maximum Gasteiger partial charge on any atom is 0.323 e. The summed E-state index contributed by atoms with van der Waals surface area (Å²) >= 11 is 2.43. The molecule has 0 atom stereocenters. The third kappa shape index (κ3) is 4.53. The Hall–Kier alpha value is -2.74. The van der Waals surface area contributed by atoms with Crippen molar-refractivity contribution in [1.82, 2.24) is 20.0 Å². The molecular formula is C20H27N7O4S2. The van der Waals surface area contributed by atoms with E-state index in [9.17, 15) is 19.7 Å². The van der Waals surface area contributed by atoms with Gasteiger partial charge in [0.25, 0.3) is 0 Å². The molecule has 2 aromatic heterocycles. The summed E-state index contributed by atoms with van der Waals surface area (Å²) in [6.45, 7) is 12.9. The molecule has 1 aromatic carbocycles. The number of rotatable bonds is 9. The Morgan fingerprint density at radius 1 is 0.848 bits per heavy atom. The van der Waals surface area contributed by atoms with E-state index in [1.807, 2.05) is 37.7 Å². The monoisotopic (exact) mass is 493 g/mol. The van der Waals surface area contributed by atoms with Crippen molar-refractivity contribution in [2.75, 3.05) is 36.2 Å². The van der Waals surface area contributed by atoms with Gasteiger partial charge in [0.1, 0.15) is 0 Å². The van der Waals surface area contributed by atoms with Crippen LogP contribution in [0.25, 0.3) is 20.4 Å². The Labute approximate surface area is 199 Å². The average Bonchev–Trinajstić information content (AvgIpc) is 3.35. The predicted molar refractivity (Wildman–Crippen MR) is 132 cm³/mol. The van der Waals surface area contributed by atoms with Gasteiger partial charge in [-0.15, -0.1) is 0 Å². The number of hydrogen-bond donors (Lipinski definition) is 0. The Morgan fingerprint density at radius 3 is 1.48 bits per heavy atom. The van der Waals surface area contributed by atoms with Gasteiger partial charge in [0.05, 0.1) is 14.3 Å². The number of carbonyl (C=O) groups is 2. The van der Waals surface area contributed by atoms with E-state index in [-0.39, 0.29) is 28.5 Å². The molecule has 0 aliphatic carbocycles. The minimum Gasteiger partial charge on any atom is -0.273 e. The van der Waals surface area contributed by atoms with Gasteiger partial charge in [-0.05, 0) is 6.07 Å². The Kier molecular flexibility index (Phi) is 7.57. The van der Waals surface area contributed by atoms with Gasteiger partial charge < -0.3 is 0 Å². The fourth-order valence-corrected chi connectivity index (χ4v) is 5.92. The number of aromatic nitrogens is 2. The molecule has 0 bridgehead atoms. The first-order chi connectivity index (χ1) is 15.7. The number of nitro groups is 1. The number of carbonyl (C=O) groups excluding carboxylic acids is 2. The lowest BCUT2D eigenvalue weighted by atomic mass is 10.2. The Bertz CT molecular complexity index is 1120. The maximum atomic E-state index is 12.4. The number of hydrazine groups is 2. The first-order valence-electron chi connectivity index (χ1n) is 10.7. The highest BCUT2D eigenvalue weighted by atomic mass is 32.1. The van der Waals surface area contributed by atoms with Gasteiger partial charge in [-0.1, -0.05) is 50.4 Å². The second kappa shape index (κ2) is 10.0. The van der Waals surface area contributed by atoms with E-state index in [0.717, 1.165) is 0 Å². The normalized spacial score (nSPS) is 11.6. The number of hydrogen-bond acceptors (Lipinski definition) is 10. The molecule has 0 unspecified atom stereocenters. The second-order valence-corrected chi connectivity index (χ2v) is 9.13. The van der Waals surface area contributed by atoms with Crippen LogP contribution in [0.1, 0.15) is 41.5 Å². The number of amides is 2. The topological polar surface area (TPSA) is 116 Å². The molecule has 3 rings (SSSR count). The van der Waals surface area contributed by atoms with Crippen LogP contribution in [-0.4, -0.2) is 62.9 Å². The van der Waals surface area contributed by atoms with Crippen LogP contribution in [-0.2, 0) is 9.59 Å². The van der Waals surface area contributed by atoms with Gasteiger partial charge >= 0.3 is 5.69 Å². The van der Waals surface area contributed by atoms with Crippen molar-refractivity contribution in [3.05, 3.63) is 16.2 Å². The van der Waals surface area contributed by atoms with Gasteiger partial charge in [-0.2, -0.15) is 0 Å². The van der Waals surface area contributed by atoms with E-state index in [1.54, 1.807) is 6.07 Å². The summed E-state index contributed by atoms with van der Waals surface area (Å²) in [4.78, 5) is 45.3. The minimum absolute atomic E-state index is 0.181. The molecule has 2 heterocycles. The van der Waals surface area contributed by atoms with Gasteiger partial charge in [-0.25, -0.2) is 30.0 Å². The van der Waals surface area contributed by atoms with Crippen molar-refractivity contribution in [3.8, 4) is 0 Å². The molecule has 0 saturated heterocycles. The molecule has 0 aliphatic heterocycles. The highest BCUT2D eigenvalue weighted by Crippen LogP contribution is 2.43. The summed E-state index contributed by atoms with van der Waals surface area (Å²) < 4.78 is 1.16. The first kappa shape index (κ1) is 24.9. The molecular weight excluding hydrogens is 466 g/mol. The zero-order valence-corrected chi connectivity index (χ0v) is 21.1. The molecule has 0 saturated carbocycles. The van der Waals surface area contributed by atoms with Gasteiger partial charge in [0.2, 0.25) is 22.1 Å². The Morgan fingerprint density at radius 2 is 1.21 bits per heavy atom. The van der Waals surface area contributed by atoms with Crippen LogP contribution in [0.4, 0.5) is 16.0 Å². The standard InChI is InChI=1S/C20H27N7O4S2/c1-7-23(8-2)25(12(5)28)19-21-16-14(32-19)11-15-17(18(16)27(30)31)22-20(33-15)26(13(6)29)24(9-3)10-4/h11H,7-10H2,1-6H3. The highest BCUT2D eigenvalue weighted by molar-refractivity contribution is 7.24. The van der Waals surface area contributed by atoms with Gasteiger partial charge in [-0.3, -0.25) is 19.7 Å². The molecule has 0 fully saturated rings. The summed E-state index contributed by atoms with van der Waals surface area (Å²) in [6.07, 6.45) is 0.